The predicted molar refractivity (Wildman–Crippen MR) is 163 cm³/mol. The van der Waals surface area contributed by atoms with Crippen LogP contribution in [0.1, 0.15) is 29.7 Å². The summed E-state index contributed by atoms with van der Waals surface area (Å²) in [6.45, 7) is 1.74. The van der Waals surface area contributed by atoms with Gasteiger partial charge in [0.2, 0.25) is 12.3 Å². The maximum atomic E-state index is 13.7. The molecule has 0 aliphatic carbocycles. The molecule has 20 heteroatoms. The monoisotopic (exact) mass is 733 g/mol. The van der Waals surface area contributed by atoms with Crippen LogP contribution >= 0.6 is 11.8 Å². The molecule has 1 aliphatic heterocycles. The number of amides is 1. The number of carbonyl (C=O) groups is 1. The lowest BCUT2D eigenvalue weighted by atomic mass is 10.1. The van der Waals surface area contributed by atoms with Gasteiger partial charge in [-0.1, -0.05) is 36.0 Å². The van der Waals surface area contributed by atoms with E-state index in [4.69, 9.17) is 0 Å². The second-order valence-electron chi connectivity index (χ2n) is 10.6. The van der Waals surface area contributed by atoms with Gasteiger partial charge >= 0.3 is 18.7 Å². The minimum atomic E-state index is -5.10. The number of alkyl halides is 9. The Kier molecular flexibility index (Phi) is 10.2. The number of amidine groups is 1. The first kappa shape index (κ1) is 36.6. The van der Waals surface area contributed by atoms with Gasteiger partial charge in [-0.2, -0.15) is 26.3 Å². The summed E-state index contributed by atoms with van der Waals surface area (Å²) in [5, 5.41) is 15.9. The third-order valence-corrected chi connectivity index (χ3v) is 8.19. The first-order valence-electron chi connectivity index (χ1n) is 14.2. The van der Waals surface area contributed by atoms with Crippen molar-refractivity contribution in [1.82, 2.24) is 25.2 Å². The van der Waals surface area contributed by atoms with Gasteiger partial charge in [0, 0.05) is 18.7 Å². The van der Waals surface area contributed by atoms with Crippen molar-refractivity contribution in [1.29, 1.82) is 0 Å². The number of hydrazine groups is 1. The van der Waals surface area contributed by atoms with Crippen molar-refractivity contribution in [3.63, 3.8) is 0 Å². The van der Waals surface area contributed by atoms with E-state index in [0.29, 0.717) is 39.3 Å². The summed E-state index contributed by atoms with van der Waals surface area (Å²) in [4.78, 5) is 21.1. The minimum absolute atomic E-state index is 0.216. The van der Waals surface area contributed by atoms with Crippen LogP contribution in [0, 0.1) is 0 Å². The number of aliphatic imine (C=N–C) groups is 1. The quantitative estimate of drug-likeness (QED) is 0.110. The molecule has 0 radical (unpaired) electrons. The van der Waals surface area contributed by atoms with Crippen molar-refractivity contribution in [2.75, 3.05) is 17.7 Å². The number of carbonyl (C=O) groups excluding carboxylic acids is 1. The van der Waals surface area contributed by atoms with Crippen molar-refractivity contribution >= 4 is 28.5 Å². The fourth-order valence-electron chi connectivity index (χ4n) is 4.71. The Morgan fingerprint density at radius 1 is 0.960 bits per heavy atom. The highest BCUT2D eigenvalue weighted by molar-refractivity contribution is 8.15. The molecule has 0 spiro atoms. The van der Waals surface area contributed by atoms with E-state index in [1.807, 2.05) is 0 Å². The number of aliphatic hydroxyl groups excluding tert-OH is 1. The van der Waals surface area contributed by atoms with Crippen LogP contribution in [0.4, 0.5) is 45.2 Å². The van der Waals surface area contributed by atoms with Gasteiger partial charge in [0.25, 0.3) is 0 Å². The van der Waals surface area contributed by atoms with Crippen LogP contribution in [0.15, 0.2) is 78.0 Å². The molecule has 5 rings (SSSR count). The Bertz CT molecular complexity index is 1860. The number of aromatic nitrogens is 3. The number of benzene rings is 3. The number of hydrogen-bond acceptors (Lipinski definition) is 9. The molecule has 2 heterocycles. The van der Waals surface area contributed by atoms with Crippen LogP contribution < -0.4 is 15.1 Å². The first-order chi connectivity index (χ1) is 23.3. The van der Waals surface area contributed by atoms with Gasteiger partial charge in [-0.3, -0.25) is 9.69 Å². The van der Waals surface area contributed by atoms with Crippen molar-refractivity contribution in [3.05, 3.63) is 89.7 Å². The number of thioether (sulfide) groups is 1. The topological polar surface area (TPSA) is 108 Å². The van der Waals surface area contributed by atoms with E-state index >= 15 is 0 Å². The normalized spacial score (nSPS) is 16.4. The number of halogens is 9. The van der Waals surface area contributed by atoms with Crippen LogP contribution in [0.5, 0.6) is 5.75 Å². The zero-order chi connectivity index (χ0) is 36.6. The van der Waals surface area contributed by atoms with Gasteiger partial charge in [0.1, 0.15) is 12.1 Å². The van der Waals surface area contributed by atoms with Crippen LogP contribution in [0.3, 0.4) is 0 Å². The maximum absolute atomic E-state index is 13.7. The second-order valence-corrected chi connectivity index (χ2v) is 11.6. The Hall–Kier alpha value is -4.66. The molecule has 1 saturated heterocycles. The minimum Gasteiger partial charge on any atom is -0.406 e. The molecule has 3 aromatic carbocycles. The molecule has 2 N–H and O–H groups in total. The fourth-order valence-corrected chi connectivity index (χ4v) is 5.59. The molecule has 1 aromatic heterocycles. The van der Waals surface area contributed by atoms with Gasteiger partial charge in [-0.25, -0.2) is 25.1 Å². The lowest BCUT2D eigenvalue weighted by molar-refractivity contribution is -0.274. The fraction of sp³-hybridized carbons (Fsp3) is 0.267. The Labute approximate surface area is 281 Å². The molecular formula is C30H24F9N7O3S. The molecule has 2 atom stereocenters. The second kappa shape index (κ2) is 13.9. The SMILES string of the molecule is CC(c1ccc(-c2ncn(-c3ccc(OC(F)(F)F)cc3)n2)cc1)N(C)NC(O)/N=C1\SCC(=O)N1c1cc(C(F)(F)F)ccc1C(F)(F)F. The lowest BCUT2D eigenvalue weighted by Gasteiger charge is -2.28. The highest BCUT2D eigenvalue weighted by Crippen LogP contribution is 2.42. The van der Waals surface area contributed by atoms with Gasteiger partial charge in [-0.05, 0) is 55.0 Å². The molecule has 2 unspecified atom stereocenters. The highest BCUT2D eigenvalue weighted by atomic mass is 32.2. The zero-order valence-corrected chi connectivity index (χ0v) is 26.4. The van der Waals surface area contributed by atoms with Gasteiger partial charge < -0.3 is 9.84 Å². The summed E-state index contributed by atoms with van der Waals surface area (Å²) in [7, 11) is 1.52. The van der Waals surface area contributed by atoms with E-state index in [9.17, 15) is 49.4 Å². The number of aliphatic hydroxyl groups is 1. The number of nitrogens with one attached hydrogen (secondary N) is 1. The summed E-state index contributed by atoms with van der Waals surface area (Å²) in [6.07, 6.45) is -15.4. The molecule has 50 heavy (non-hydrogen) atoms. The highest BCUT2D eigenvalue weighted by Gasteiger charge is 2.42. The van der Waals surface area contributed by atoms with E-state index in [2.05, 4.69) is 25.2 Å². The smallest absolute Gasteiger partial charge is 0.406 e. The molecular weight excluding hydrogens is 709 g/mol. The van der Waals surface area contributed by atoms with E-state index in [1.54, 1.807) is 31.2 Å². The molecule has 0 bridgehead atoms. The molecule has 266 valence electrons. The van der Waals surface area contributed by atoms with Crippen molar-refractivity contribution in [3.8, 4) is 22.8 Å². The Morgan fingerprint density at radius 2 is 1.62 bits per heavy atom. The van der Waals surface area contributed by atoms with Crippen molar-refractivity contribution in [2.45, 2.75) is 38.0 Å². The Balaban J connectivity index is 1.27. The van der Waals surface area contributed by atoms with Gasteiger partial charge in [0.05, 0.1) is 28.3 Å². The Morgan fingerprint density at radius 3 is 2.22 bits per heavy atom. The van der Waals surface area contributed by atoms with E-state index < -0.39 is 70.5 Å². The molecule has 1 amide bonds. The van der Waals surface area contributed by atoms with Crippen LogP contribution in [-0.2, 0) is 17.1 Å². The number of ether oxygens (including phenoxy) is 1. The van der Waals surface area contributed by atoms with Crippen molar-refractivity contribution < 1.29 is 54.2 Å². The summed E-state index contributed by atoms with van der Waals surface area (Å²) >= 11 is 0.648. The number of nitrogens with zero attached hydrogens (tertiary/aromatic N) is 6. The molecule has 1 aliphatic rings. The third-order valence-electron chi connectivity index (χ3n) is 7.25. The van der Waals surface area contributed by atoms with Gasteiger partial charge in [0.15, 0.2) is 11.0 Å². The summed E-state index contributed by atoms with van der Waals surface area (Å²) < 4.78 is 124. The number of rotatable bonds is 9. The maximum Gasteiger partial charge on any atom is 0.573 e. The lowest BCUT2D eigenvalue weighted by Crippen LogP contribution is -2.43. The van der Waals surface area contributed by atoms with E-state index in [-0.39, 0.29) is 18.2 Å². The molecule has 4 aromatic rings. The standard InChI is InChI=1S/C30H24F9N7O3S/c1-16(17-3-5-18(6-4-17)25-40-15-45(42-25)20-8-10-21(11-9-20)49-30(37,38)39)44(2)43-26(48)41-27-46(24(47)14-50-27)23-13-19(28(31,32)33)7-12-22(23)29(34,35)36/h3-13,15-16,26,43,48H,14H2,1-2H3/b41-27-. The van der Waals surface area contributed by atoms with Crippen LogP contribution in [-0.4, -0.2) is 61.5 Å². The molecule has 1 fully saturated rings. The average Bonchev–Trinajstić information content (AvgIpc) is 3.66. The average molecular weight is 734 g/mol. The summed E-state index contributed by atoms with van der Waals surface area (Å²) in [5.74, 6) is -1.47. The van der Waals surface area contributed by atoms with Crippen molar-refractivity contribution in [2.24, 2.45) is 4.99 Å². The van der Waals surface area contributed by atoms with E-state index in [1.165, 1.54) is 35.2 Å². The number of hydrogen-bond donors (Lipinski definition) is 2. The largest absolute Gasteiger partial charge is 0.573 e. The first-order valence-corrected chi connectivity index (χ1v) is 15.2. The molecule has 0 saturated carbocycles. The third kappa shape index (κ3) is 8.55. The van der Waals surface area contributed by atoms with E-state index in [0.717, 1.165) is 12.1 Å². The number of anilines is 1. The zero-order valence-electron chi connectivity index (χ0n) is 25.5. The summed E-state index contributed by atoms with van der Waals surface area (Å²) in [5.41, 5.74) is 0.374. The summed E-state index contributed by atoms with van der Waals surface area (Å²) in [6, 6.07) is 12.1. The molecule has 10 nitrogen and oxygen atoms in total. The van der Waals surface area contributed by atoms with Crippen LogP contribution in [0.25, 0.3) is 17.1 Å². The van der Waals surface area contributed by atoms with Gasteiger partial charge in [-0.15, -0.1) is 18.3 Å². The predicted octanol–water partition coefficient (Wildman–Crippen LogP) is 6.78. The van der Waals surface area contributed by atoms with Crippen LogP contribution in [0.2, 0.25) is 0 Å².